The fourth-order valence-electron chi connectivity index (χ4n) is 2.72. The summed E-state index contributed by atoms with van der Waals surface area (Å²) in [5, 5.41) is 11.8. The van der Waals surface area contributed by atoms with Crippen LogP contribution in [0.2, 0.25) is 5.02 Å². The van der Waals surface area contributed by atoms with Crippen molar-refractivity contribution < 1.29 is 9.53 Å². The van der Waals surface area contributed by atoms with E-state index in [1.54, 1.807) is 23.9 Å². The van der Waals surface area contributed by atoms with E-state index >= 15 is 0 Å². The van der Waals surface area contributed by atoms with E-state index in [9.17, 15) is 4.79 Å². The summed E-state index contributed by atoms with van der Waals surface area (Å²) in [6.45, 7) is 4.09. The van der Waals surface area contributed by atoms with Gasteiger partial charge in [0.05, 0.1) is 12.3 Å². The molecule has 134 valence electrons. The minimum atomic E-state index is -0.324. The summed E-state index contributed by atoms with van der Waals surface area (Å²) in [4.78, 5) is 12.8. The summed E-state index contributed by atoms with van der Waals surface area (Å²) in [5.74, 6) is -0.324. The Morgan fingerprint density at radius 2 is 1.81 bits per heavy atom. The first-order chi connectivity index (χ1) is 12.5. The van der Waals surface area contributed by atoms with E-state index in [1.165, 1.54) is 0 Å². The van der Waals surface area contributed by atoms with Gasteiger partial charge in [-0.2, -0.15) is 0 Å². The highest BCUT2D eigenvalue weighted by Crippen LogP contribution is 2.22. The van der Waals surface area contributed by atoms with Gasteiger partial charge in [-0.15, -0.1) is 5.10 Å². The zero-order valence-corrected chi connectivity index (χ0v) is 15.5. The van der Waals surface area contributed by atoms with E-state index in [0.29, 0.717) is 10.7 Å². The van der Waals surface area contributed by atoms with Crippen LogP contribution in [0.5, 0.6) is 0 Å². The first-order valence-electron chi connectivity index (χ1n) is 8.08. The minimum Gasteiger partial charge on any atom is -0.378 e. The number of carbonyl (C=O) groups is 1. The predicted molar refractivity (Wildman–Crippen MR) is 101 cm³/mol. The molecule has 3 rings (SSSR count). The third kappa shape index (κ3) is 3.61. The number of rotatable bonds is 5. The molecule has 3 aromatic rings. The second kappa shape index (κ2) is 7.68. The van der Waals surface area contributed by atoms with Crippen LogP contribution in [-0.4, -0.2) is 28.0 Å². The molecule has 6 nitrogen and oxygen atoms in total. The highest BCUT2D eigenvalue weighted by atomic mass is 35.5. The van der Waals surface area contributed by atoms with Crippen LogP contribution in [0.25, 0.3) is 5.69 Å². The Bertz CT molecular complexity index is 915. The quantitative estimate of drug-likeness (QED) is 0.738. The number of amides is 1. The van der Waals surface area contributed by atoms with Crippen molar-refractivity contribution in [2.75, 3.05) is 12.4 Å². The van der Waals surface area contributed by atoms with Crippen molar-refractivity contribution in [3.05, 3.63) is 70.0 Å². The molecule has 0 atom stereocenters. The third-order valence-corrected chi connectivity index (χ3v) is 4.30. The van der Waals surface area contributed by atoms with Gasteiger partial charge in [0.1, 0.15) is 5.69 Å². The summed E-state index contributed by atoms with van der Waals surface area (Å²) in [7, 11) is 1.56. The van der Waals surface area contributed by atoms with Gasteiger partial charge in [0, 0.05) is 17.8 Å². The zero-order valence-electron chi connectivity index (χ0n) is 14.8. The summed E-state index contributed by atoms with van der Waals surface area (Å²) >= 11 is 5.94. The van der Waals surface area contributed by atoms with Crippen LogP contribution in [0, 0.1) is 13.8 Å². The lowest BCUT2D eigenvalue weighted by molar-refractivity contribution is 0.101. The van der Waals surface area contributed by atoms with E-state index in [-0.39, 0.29) is 18.2 Å². The van der Waals surface area contributed by atoms with E-state index in [4.69, 9.17) is 16.3 Å². The van der Waals surface area contributed by atoms with Gasteiger partial charge in [-0.05, 0) is 49.2 Å². The molecule has 1 heterocycles. The molecule has 0 aliphatic heterocycles. The first-order valence-corrected chi connectivity index (χ1v) is 8.46. The van der Waals surface area contributed by atoms with Crippen LogP contribution in [-0.2, 0) is 11.3 Å². The molecule has 1 aromatic heterocycles. The van der Waals surface area contributed by atoms with Gasteiger partial charge in [0.2, 0.25) is 0 Å². The largest absolute Gasteiger partial charge is 0.378 e. The SMILES string of the molecule is COCc1c(C(=O)Nc2c(C)cccc2C)nnn1-c1ccc(Cl)cc1. The van der Waals surface area contributed by atoms with Crippen LogP contribution < -0.4 is 5.32 Å². The number of para-hydroxylation sites is 1. The topological polar surface area (TPSA) is 69.0 Å². The lowest BCUT2D eigenvalue weighted by atomic mass is 10.1. The molecule has 7 heteroatoms. The number of methoxy groups -OCH3 is 1. The van der Waals surface area contributed by atoms with E-state index in [2.05, 4.69) is 15.6 Å². The standard InChI is InChI=1S/C19H19ClN4O2/c1-12-5-4-6-13(2)17(12)21-19(25)18-16(11-26-3)24(23-22-18)15-9-7-14(20)8-10-15/h4-10H,11H2,1-3H3,(H,21,25). The van der Waals surface area contributed by atoms with Crippen molar-refractivity contribution in [2.24, 2.45) is 0 Å². The van der Waals surface area contributed by atoms with Gasteiger partial charge >= 0.3 is 0 Å². The smallest absolute Gasteiger partial charge is 0.278 e. The van der Waals surface area contributed by atoms with Gasteiger partial charge < -0.3 is 10.1 Å². The van der Waals surface area contributed by atoms with E-state index in [0.717, 1.165) is 22.5 Å². The second-order valence-corrected chi connectivity index (χ2v) is 6.36. The van der Waals surface area contributed by atoms with Crippen LogP contribution in [0.4, 0.5) is 5.69 Å². The Balaban J connectivity index is 1.97. The highest BCUT2D eigenvalue weighted by Gasteiger charge is 2.21. The van der Waals surface area contributed by atoms with Gasteiger partial charge in [0.25, 0.3) is 5.91 Å². The summed E-state index contributed by atoms with van der Waals surface area (Å²) in [6, 6.07) is 13.0. The molecule has 1 N–H and O–H groups in total. The average molecular weight is 371 g/mol. The average Bonchev–Trinajstić information content (AvgIpc) is 3.03. The molecule has 0 radical (unpaired) electrons. The molecule has 0 saturated heterocycles. The molecular weight excluding hydrogens is 352 g/mol. The predicted octanol–water partition coefficient (Wildman–Crippen LogP) is 3.94. The number of carbonyl (C=O) groups excluding carboxylic acids is 1. The molecule has 0 saturated carbocycles. The normalized spacial score (nSPS) is 10.8. The molecule has 2 aromatic carbocycles. The first kappa shape index (κ1) is 18.1. The minimum absolute atomic E-state index is 0.200. The van der Waals surface area contributed by atoms with Crippen molar-refractivity contribution in [3.63, 3.8) is 0 Å². The monoisotopic (exact) mass is 370 g/mol. The molecule has 26 heavy (non-hydrogen) atoms. The molecule has 0 unspecified atom stereocenters. The second-order valence-electron chi connectivity index (χ2n) is 5.93. The number of halogens is 1. The van der Waals surface area contributed by atoms with Crippen molar-refractivity contribution in [3.8, 4) is 5.69 Å². The zero-order chi connectivity index (χ0) is 18.7. The molecular formula is C19H19ClN4O2. The van der Waals surface area contributed by atoms with Crippen LogP contribution in [0.1, 0.15) is 27.3 Å². The van der Waals surface area contributed by atoms with Crippen molar-refractivity contribution in [1.29, 1.82) is 0 Å². The van der Waals surface area contributed by atoms with Crippen molar-refractivity contribution in [2.45, 2.75) is 20.5 Å². The molecule has 1 amide bonds. The fourth-order valence-corrected chi connectivity index (χ4v) is 2.84. The number of hydrogen-bond acceptors (Lipinski definition) is 4. The summed E-state index contributed by atoms with van der Waals surface area (Å²) in [5.41, 5.74) is 4.29. The Labute approximate surface area is 156 Å². The van der Waals surface area contributed by atoms with Gasteiger partial charge in [-0.25, -0.2) is 4.68 Å². The number of nitrogens with one attached hydrogen (secondary N) is 1. The molecule has 0 bridgehead atoms. The van der Waals surface area contributed by atoms with Gasteiger partial charge in [-0.1, -0.05) is 35.0 Å². The maximum atomic E-state index is 12.8. The van der Waals surface area contributed by atoms with Crippen LogP contribution >= 0.6 is 11.6 Å². The summed E-state index contributed by atoms with van der Waals surface area (Å²) in [6.07, 6.45) is 0. The number of hydrogen-bond donors (Lipinski definition) is 1. The number of ether oxygens (including phenoxy) is 1. The number of aromatic nitrogens is 3. The maximum Gasteiger partial charge on any atom is 0.278 e. The molecule has 0 aliphatic rings. The van der Waals surface area contributed by atoms with Crippen molar-refractivity contribution in [1.82, 2.24) is 15.0 Å². The van der Waals surface area contributed by atoms with Crippen molar-refractivity contribution >= 4 is 23.2 Å². The molecule has 0 spiro atoms. The lowest BCUT2D eigenvalue weighted by Gasteiger charge is -2.11. The number of anilines is 1. The third-order valence-electron chi connectivity index (χ3n) is 4.05. The summed E-state index contributed by atoms with van der Waals surface area (Å²) < 4.78 is 6.84. The van der Waals surface area contributed by atoms with Crippen LogP contribution in [0.3, 0.4) is 0 Å². The van der Waals surface area contributed by atoms with Crippen LogP contribution in [0.15, 0.2) is 42.5 Å². The molecule has 0 aliphatic carbocycles. The number of benzene rings is 2. The van der Waals surface area contributed by atoms with E-state index < -0.39 is 0 Å². The number of aryl methyl sites for hydroxylation is 2. The lowest BCUT2D eigenvalue weighted by Crippen LogP contribution is -2.17. The fraction of sp³-hybridized carbons (Fsp3) is 0.211. The Kier molecular flexibility index (Phi) is 5.35. The molecule has 0 fully saturated rings. The Morgan fingerprint density at radius 1 is 1.15 bits per heavy atom. The van der Waals surface area contributed by atoms with E-state index in [1.807, 2.05) is 44.2 Å². The number of nitrogens with zero attached hydrogens (tertiary/aromatic N) is 3. The highest BCUT2D eigenvalue weighted by molar-refractivity contribution is 6.30. The Morgan fingerprint density at radius 3 is 2.42 bits per heavy atom. The maximum absolute atomic E-state index is 12.8. The van der Waals surface area contributed by atoms with Gasteiger partial charge in [-0.3, -0.25) is 4.79 Å². The Hall–Kier alpha value is -2.70. The van der Waals surface area contributed by atoms with Gasteiger partial charge in [0.15, 0.2) is 5.69 Å².